The minimum Gasteiger partial charge on any atom is -0.497 e. The summed E-state index contributed by atoms with van der Waals surface area (Å²) in [7, 11) is 1.51. The molecule has 0 aliphatic heterocycles. The summed E-state index contributed by atoms with van der Waals surface area (Å²) in [5, 5.41) is 2.55. The third-order valence-corrected chi connectivity index (χ3v) is 6.17. The molecule has 0 spiro atoms. The highest BCUT2D eigenvalue weighted by Crippen LogP contribution is 2.31. The minimum absolute atomic E-state index is 0.00639. The Balaban J connectivity index is 2.08. The third-order valence-electron chi connectivity index (χ3n) is 5.32. The number of carbonyl (C=O) groups is 4. The number of benzene rings is 2. The van der Waals surface area contributed by atoms with E-state index in [1.54, 1.807) is 55.5 Å². The normalized spacial score (nSPS) is 11.3. The van der Waals surface area contributed by atoms with Gasteiger partial charge in [0, 0.05) is 6.54 Å². The molecule has 3 rings (SSSR count). The van der Waals surface area contributed by atoms with E-state index >= 15 is 0 Å². The molecule has 11 nitrogen and oxygen atoms in total. The lowest BCUT2D eigenvalue weighted by atomic mass is 10.0. The number of nitrogen functional groups attached to an aromatic ring is 1. The molecule has 0 aliphatic rings. The van der Waals surface area contributed by atoms with Crippen molar-refractivity contribution in [1.82, 2.24) is 14.6 Å². The van der Waals surface area contributed by atoms with Crippen molar-refractivity contribution in [3.63, 3.8) is 0 Å². The molecule has 0 radical (unpaired) electrons. The number of nitrogens with zero attached hydrogens (tertiary/aromatic N) is 2. The van der Waals surface area contributed by atoms with Crippen LogP contribution in [0.1, 0.15) is 44.3 Å². The van der Waals surface area contributed by atoms with Gasteiger partial charge in [-0.25, -0.2) is 0 Å². The zero-order chi connectivity index (χ0) is 26.9. The van der Waals surface area contributed by atoms with E-state index in [0.29, 0.717) is 22.8 Å². The average Bonchev–Trinajstić information content (AvgIpc) is 3.29. The number of amides is 3. The summed E-state index contributed by atoms with van der Waals surface area (Å²) < 4.78 is 14.0. The summed E-state index contributed by atoms with van der Waals surface area (Å²) in [5.74, 6) is -2.21. The third kappa shape index (κ3) is 6.61. The highest BCUT2D eigenvalue weighted by molar-refractivity contribution is 7.09. The van der Waals surface area contributed by atoms with Crippen LogP contribution in [0.15, 0.2) is 54.6 Å². The molecule has 1 atom stereocenters. The van der Waals surface area contributed by atoms with Crippen LogP contribution in [0.2, 0.25) is 0 Å². The monoisotopic (exact) mass is 525 g/mol. The van der Waals surface area contributed by atoms with Crippen LogP contribution in [0.25, 0.3) is 0 Å². The Morgan fingerprint density at radius 1 is 1.08 bits per heavy atom. The quantitative estimate of drug-likeness (QED) is 0.319. The van der Waals surface area contributed by atoms with Crippen LogP contribution in [0, 0.1) is 0 Å². The Kier molecular flexibility index (Phi) is 9.16. The highest BCUT2D eigenvalue weighted by atomic mass is 32.1. The van der Waals surface area contributed by atoms with E-state index < -0.39 is 29.7 Å². The summed E-state index contributed by atoms with van der Waals surface area (Å²) in [6.07, 6.45) is 0. The Bertz CT molecular complexity index is 1260. The number of nitrogens with two attached hydrogens (primary N) is 2. The van der Waals surface area contributed by atoms with Gasteiger partial charge in [0.2, 0.25) is 5.91 Å². The largest absolute Gasteiger partial charge is 0.497 e. The van der Waals surface area contributed by atoms with Crippen LogP contribution in [-0.2, 0) is 20.9 Å². The zero-order valence-electron chi connectivity index (χ0n) is 20.3. The molecule has 1 heterocycles. The standard InChI is InChI=1S/C25H27N5O6S/c1-3-36-18(31)13-28-24(33)21(16-9-11-17(35-2)12-10-16)30(14-15-7-5-4-6-8-15)25(34)22-19(26)20(23(27)32)29-37-22/h4-12,21H,3,13-14,26H2,1-2H3,(H2,27,32)(H,28,33)/t21-/m0/s1. The fourth-order valence-corrected chi connectivity index (χ4v) is 4.31. The van der Waals surface area contributed by atoms with E-state index in [9.17, 15) is 19.2 Å². The number of ether oxygens (including phenoxy) is 2. The SMILES string of the molecule is CCOC(=O)CNC(=O)[C@H](c1ccc(OC)cc1)N(Cc1ccccc1)C(=O)c1snc(C(N)=O)c1N. The first-order chi connectivity index (χ1) is 17.8. The summed E-state index contributed by atoms with van der Waals surface area (Å²) in [4.78, 5) is 52.2. The van der Waals surface area contributed by atoms with E-state index in [1.165, 1.54) is 12.0 Å². The van der Waals surface area contributed by atoms with Gasteiger partial charge in [0.05, 0.1) is 19.4 Å². The van der Waals surface area contributed by atoms with Gasteiger partial charge in [0.15, 0.2) is 5.69 Å². The molecular formula is C25H27N5O6S. The van der Waals surface area contributed by atoms with Crippen molar-refractivity contribution in [1.29, 1.82) is 0 Å². The second-order valence-electron chi connectivity index (χ2n) is 7.76. The number of nitrogens with one attached hydrogen (secondary N) is 1. The smallest absolute Gasteiger partial charge is 0.325 e. The van der Waals surface area contributed by atoms with Gasteiger partial charge < -0.3 is 31.2 Å². The number of primary amides is 1. The lowest BCUT2D eigenvalue weighted by Crippen LogP contribution is -2.44. The minimum atomic E-state index is -1.19. The van der Waals surface area contributed by atoms with Crippen molar-refractivity contribution in [2.45, 2.75) is 19.5 Å². The van der Waals surface area contributed by atoms with Gasteiger partial charge in [-0.3, -0.25) is 19.2 Å². The second kappa shape index (κ2) is 12.5. The van der Waals surface area contributed by atoms with Crippen LogP contribution in [-0.4, -0.2) is 53.2 Å². The summed E-state index contributed by atoms with van der Waals surface area (Å²) >= 11 is 0.714. The number of aromatic nitrogens is 1. The predicted molar refractivity (Wildman–Crippen MR) is 137 cm³/mol. The van der Waals surface area contributed by atoms with Gasteiger partial charge in [0.1, 0.15) is 23.2 Å². The number of rotatable bonds is 11. The molecule has 1 aromatic heterocycles. The lowest BCUT2D eigenvalue weighted by Gasteiger charge is -2.31. The maximum Gasteiger partial charge on any atom is 0.325 e. The summed E-state index contributed by atoms with van der Waals surface area (Å²) in [5.41, 5.74) is 12.2. The van der Waals surface area contributed by atoms with E-state index in [0.717, 1.165) is 5.56 Å². The van der Waals surface area contributed by atoms with E-state index in [4.69, 9.17) is 20.9 Å². The molecule has 0 saturated heterocycles. The molecule has 37 heavy (non-hydrogen) atoms. The van der Waals surface area contributed by atoms with Crippen molar-refractivity contribution >= 4 is 40.9 Å². The molecule has 0 bridgehead atoms. The number of esters is 1. The van der Waals surface area contributed by atoms with Gasteiger partial charge in [-0.15, -0.1) is 0 Å². The fourth-order valence-electron chi connectivity index (χ4n) is 3.55. The predicted octanol–water partition coefficient (Wildman–Crippen LogP) is 1.90. The summed E-state index contributed by atoms with van der Waals surface area (Å²) in [6, 6.07) is 14.4. The van der Waals surface area contributed by atoms with Crippen LogP contribution in [0.3, 0.4) is 0 Å². The average molecular weight is 526 g/mol. The molecule has 0 unspecified atom stereocenters. The molecular weight excluding hydrogens is 498 g/mol. The Labute approximate surface area is 217 Å². The van der Waals surface area contributed by atoms with Crippen molar-refractivity contribution in [3.05, 3.63) is 76.3 Å². The number of methoxy groups -OCH3 is 1. The first-order valence-electron chi connectivity index (χ1n) is 11.2. The van der Waals surface area contributed by atoms with Gasteiger partial charge in [-0.05, 0) is 41.7 Å². The zero-order valence-corrected chi connectivity index (χ0v) is 21.1. The summed E-state index contributed by atoms with van der Waals surface area (Å²) in [6.45, 7) is 1.43. The molecule has 5 N–H and O–H groups in total. The maximum atomic E-state index is 13.9. The van der Waals surface area contributed by atoms with Gasteiger partial charge in [0.25, 0.3) is 11.8 Å². The van der Waals surface area contributed by atoms with Crippen molar-refractivity contribution < 1.29 is 28.7 Å². The van der Waals surface area contributed by atoms with Gasteiger partial charge in [-0.1, -0.05) is 42.5 Å². The van der Waals surface area contributed by atoms with Crippen LogP contribution in [0.4, 0.5) is 5.69 Å². The Hall–Kier alpha value is -4.45. The van der Waals surface area contributed by atoms with E-state index in [-0.39, 0.29) is 36.0 Å². The van der Waals surface area contributed by atoms with Crippen molar-refractivity contribution in [3.8, 4) is 5.75 Å². The maximum absolute atomic E-state index is 13.9. The number of hydrogen-bond donors (Lipinski definition) is 3. The molecule has 0 aliphatic carbocycles. The highest BCUT2D eigenvalue weighted by Gasteiger charge is 2.35. The van der Waals surface area contributed by atoms with Gasteiger partial charge >= 0.3 is 5.97 Å². The molecule has 2 aromatic carbocycles. The number of carbonyl (C=O) groups excluding carboxylic acids is 4. The molecule has 0 fully saturated rings. The molecule has 3 amide bonds. The van der Waals surface area contributed by atoms with Crippen LogP contribution in [0.5, 0.6) is 5.75 Å². The number of hydrogen-bond acceptors (Lipinski definition) is 9. The molecule has 12 heteroatoms. The van der Waals surface area contributed by atoms with E-state index in [2.05, 4.69) is 9.69 Å². The molecule has 3 aromatic rings. The Morgan fingerprint density at radius 3 is 2.32 bits per heavy atom. The topological polar surface area (TPSA) is 167 Å². The first kappa shape index (κ1) is 27.1. The number of anilines is 1. The molecule has 0 saturated carbocycles. The van der Waals surface area contributed by atoms with E-state index in [1.807, 2.05) is 6.07 Å². The first-order valence-corrected chi connectivity index (χ1v) is 12.0. The van der Waals surface area contributed by atoms with Crippen LogP contribution >= 0.6 is 11.5 Å². The molecule has 194 valence electrons. The fraction of sp³-hybridized carbons (Fsp3) is 0.240. The van der Waals surface area contributed by atoms with Gasteiger partial charge in [-0.2, -0.15) is 4.37 Å². The van der Waals surface area contributed by atoms with Crippen molar-refractivity contribution in [2.24, 2.45) is 5.73 Å². The lowest BCUT2D eigenvalue weighted by molar-refractivity contribution is -0.143. The Morgan fingerprint density at radius 2 is 1.76 bits per heavy atom. The van der Waals surface area contributed by atoms with Crippen molar-refractivity contribution in [2.75, 3.05) is 26.0 Å². The second-order valence-corrected chi connectivity index (χ2v) is 8.53. The van der Waals surface area contributed by atoms with Crippen LogP contribution < -0.4 is 21.5 Å².